The van der Waals surface area contributed by atoms with Crippen molar-refractivity contribution in [3.8, 4) is 22.4 Å². The summed E-state index contributed by atoms with van der Waals surface area (Å²) in [5.41, 5.74) is 3.67. The van der Waals surface area contributed by atoms with E-state index in [1.165, 1.54) is 6.20 Å². The number of aliphatic hydroxyl groups is 1. The fourth-order valence-corrected chi connectivity index (χ4v) is 3.70. The number of amides is 1. The van der Waals surface area contributed by atoms with Gasteiger partial charge in [0.1, 0.15) is 11.5 Å². The summed E-state index contributed by atoms with van der Waals surface area (Å²) in [6, 6.07) is 13.2. The highest BCUT2D eigenvalue weighted by atomic mass is 19.3. The Hall–Kier alpha value is -4.68. The molecular formula is C29H31F2N7O3. The van der Waals surface area contributed by atoms with E-state index in [9.17, 15) is 23.5 Å². The lowest BCUT2D eigenvalue weighted by Gasteiger charge is -2.14. The molecule has 0 spiro atoms. The quantitative estimate of drug-likeness (QED) is 0.219. The molecule has 3 aromatic heterocycles. The van der Waals surface area contributed by atoms with Crippen LogP contribution in [-0.4, -0.2) is 64.7 Å². The third-order valence-corrected chi connectivity index (χ3v) is 5.64. The number of nitrogens with one attached hydrogen (secondary N) is 3. The molecular weight excluding hydrogens is 532 g/mol. The van der Waals surface area contributed by atoms with Crippen LogP contribution in [0.1, 0.15) is 39.0 Å². The van der Waals surface area contributed by atoms with E-state index in [0.717, 1.165) is 35.9 Å². The van der Waals surface area contributed by atoms with E-state index in [4.69, 9.17) is 0 Å². The average Bonchev–Trinajstić information content (AvgIpc) is 2.97. The monoisotopic (exact) mass is 563 g/mol. The molecule has 4 rings (SSSR count). The summed E-state index contributed by atoms with van der Waals surface area (Å²) in [6.45, 7) is 2.80. The minimum absolute atomic E-state index is 0.0968. The number of pyridine rings is 2. The van der Waals surface area contributed by atoms with Gasteiger partial charge in [-0.1, -0.05) is 6.07 Å². The largest absolute Gasteiger partial charge is 0.395 e. The Labute approximate surface area is 236 Å². The van der Waals surface area contributed by atoms with Crippen molar-refractivity contribution in [1.82, 2.24) is 25.5 Å². The molecule has 0 bridgehead atoms. The highest BCUT2D eigenvalue weighted by Gasteiger charge is 2.26. The molecule has 0 aliphatic carbocycles. The van der Waals surface area contributed by atoms with Gasteiger partial charge in [0, 0.05) is 36.5 Å². The SMILES string of the molecule is CNC.Cc1ccc(NC(=O)c2cc(C(C)(F)F)cnn2)cc1-c1cc(NCCO)nc(-c2ccnc(C=O)c2)c1. The smallest absolute Gasteiger partial charge is 0.276 e. The Morgan fingerprint density at radius 2 is 1.83 bits per heavy atom. The normalized spacial score (nSPS) is 10.8. The summed E-state index contributed by atoms with van der Waals surface area (Å²) in [7, 11) is 3.75. The van der Waals surface area contributed by atoms with Gasteiger partial charge in [0.2, 0.25) is 0 Å². The summed E-state index contributed by atoms with van der Waals surface area (Å²) in [6.07, 6.45) is 3.09. The maximum absolute atomic E-state index is 13.7. The molecule has 214 valence electrons. The number of nitrogens with zero attached hydrogens (tertiary/aromatic N) is 4. The summed E-state index contributed by atoms with van der Waals surface area (Å²) in [4.78, 5) is 32.6. The van der Waals surface area contributed by atoms with Crippen molar-refractivity contribution < 1.29 is 23.5 Å². The fraction of sp³-hybridized carbons (Fsp3) is 0.241. The number of alkyl halides is 2. The van der Waals surface area contributed by atoms with Gasteiger partial charge in [-0.15, -0.1) is 5.10 Å². The number of carbonyl (C=O) groups excluding carboxylic acids is 2. The predicted octanol–water partition coefficient (Wildman–Crippen LogP) is 4.33. The van der Waals surface area contributed by atoms with Crippen molar-refractivity contribution in [1.29, 1.82) is 0 Å². The molecule has 4 N–H and O–H groups in total. The number of aldehydes is 1. The molecule has 0 atom stereocenters. The van der Waals surface area contributed by atoms with Gasteiger partial charge in [0.05, 0.1) is 18.5 Å². The summed E-state index contributed by atoms with van der Waals surface area (Å²) in [5.74, 6) is -3.35. The van der Waals surface area contributed by atoms with E-state index in [1.807, 2.05) is 33.2 Å². The number of anilines is 2. The number of benzene rings is 1. The molecule has 0 saturated heterocycles. The number of rotatable bonds is 9. The Bertz CT molecular complexity index is 1510. The van der Waals surface area contributed by atoms with Crippen LogP contribution in [0.25, 0.3) is 22.4 Å². The second kappa shape index (κ2) is 14.1. The van der Waals surface area contributed by atoms with Crippen LogP contribution >= 0.6 is 0 Å². The Kier molecular flexibility index (Phi) is 10.6. The zero-order valence-electron chi connectivity index (χ0n) is 23.1. The molecule has 0 radical (unpaired) electrons. The van der Waals surface area contributed by atoms with Crippen LogP contribution in [0.3, 0.4) is 0 Å². The highest BCUT2D eigenvalue weighted by molar-refractivity contribution is 6.03. The molecule has 3 heterocycles. The number of aryl methyl sites for hydroxylation is 1. The topological polar surface area (TPSA) is 142 Å². The maximum atomic E-state index is 13.7. The number of carbonyl (C=O) groups is 2. The summed E-state index contributed by atoms with van der Waals surface area (Å²) >= 11 is 0. The van der Waals surface area contributed by atoms with Crippen molar-refractivity contribution in [2.75, 3.05) is 37.9 Å². The van der Waals surface area contributed by atoms with Crippen LogP contribution < -0.4 is 16.0 Å². The second-order valence-electron chi connectivity index (χ2n) is 9.07. The maximum Gasteiger partial charge on any atom is 0.276 e. The predicted molar refractivity (Wildman–Crippen MR) is 153 cm³/mol. The summed E-state index contributed by atoms with van der Waals surface area (Å²) < 4.78 is 27.3. The van der Waals surface area contributed by atoms with Gasteiger partial charge < -0.3 is 21.1 Å². The number of hydrogen-bond acceptors (Lipinski definition) is 9. The molecule has 10 nitrogen and oxygen atoms in total. The number of aliphatic hydroxyl groups excluding tert-OH is 1. The van der Waals surface area contributed by atoms with Crippen LogP contribution in [0.15, 0.2) is 60.9 Å². The Morgan fingerprint density at radius 1 is 1.07 bits per heavy atom. The minimum Gasteiger partial charge on any atom is -0.395 e. The van der Waals surface area contributed by atoms with E-state index in [-0.39, 0.29) is 24.5 Å². The third kappa shape index (κ3) is 8.40. The van der Waals surface area contributed by atoms with Gasteiger partial charge in [-0.2, -0.15) is 5.10 Å². The first-order chi connectivity index (χ1) is 19.6. The standard InChI is InChI=1S/C27H24F2N6O3.C2H7N/c1-16-3-4-20(33-26(38)24-12-19(14-32-35-24)27(2,28)29)13-22(16)18-10-23(34-25(11-18)31-7-8-36)17-5-6-30-21(9-17)15-37;1-3-2/h3-6,9-15,36H,7-8H2,1-2H3,(H,31,34)(H,33,38);3H,1-2H3. The van der Waals surface area contributed by atoms with Gasteiger partial charge in [0.25, 0.3) is 11.8 Å². The van der Waals surface area contributed by atoms with Crippen molar-refractivity contribution in [2.24, 2.45) is 0 Å². The number of aromatic nitrogens is 4. The minimum atomic E-state index is -3.16. The molecule has 0 aliphatic rings. The first-order valence-corrected chi connectivity index (χ1v) is 12.6. The molecule has 1 amide bonds. The van der Waals surface area contributed by atoms with Crippen LogP contribution in [0.2, 0.25) is 0 Å². The van der Waals surface area contributed by atoms with Crippen molar-refractivity contribution in [3.05, 3.63) is 83.4 Å². The average molecular weight is 564 g/mol. The van der Waals surface area contributed by atoms with Crippen molar-refractivity contribution in [3.63, 3.8) is 0 Å². The molecule has 41 heavy (non-hydrogen) atoms. The molecule has 0 saturated carbocycles. The molecule has 1 aromatic carbocycles. The highest BCUT2D eigenvalue weighted by Crippen LogP contribution is 2.32. The van der Waals surface area contributed by atoms with Crippen molar-refractivity contribution in [2.45, 2.75) is 19.8 Å². The van der Waals surface area contributed by atoms with E-state index in [2.05, 4.69) is 36.1 Å². The van der Waals surface area contributed by atoms with Gasteiger partial charge >= 0.3 is 0 Å². The van der Waals surface area contributed by atoms with E-state index in [0.29, 0.717) is 29.0 Å². The third-order valence-electron chi connectivity index (χ3n) is 5.64. The fourth-order valence-electron chi connectivity index (χ4n) is 3.70. The van der Waals surface area contributed by atoms with E-state index < -0.39 is 17.4 Å². The summed E-state index contributed by atoms with van der Waals surface area (Å²) in [5, 5.41) is 25.0. The molecule has 0 fully saturated rings. The van der Waals surface area contributed by atoms with Gasteiger partial charge in [-0.3, -0.25) is 14.6 Å². The zero-order valence-corrected chi connectivity index (χ0v) is 23.1. The lowest BCUT2D eigenvalue weighted by molar-refractivity contribution is 0.0169. The van der Waals surface area contributed by atoms with Gasteiger partial charge in [0.15, 0.2) is 12.0 Å². The van der Waals surface area contributed by atoms with Crippen molar-refractivity contribution >= 4 is 23.7 Å². The number of halogens is 2. The Balaban J connectivity index is 0.00000147. The first-order valence-electron chi connectivity index (χ1n) is 12.6. The van der Waals surface area contributed by atoms with Crippen LogP contribution in [0.4, 0.5) is 20.3 Å². The van der Waals surface area contributed by atoms with Gasteiger partial charge in [-0.25, -0.2) is 13.8 Å². The van der Waals surface area contributed by atoms with E-state index >= 15 is 0 Å². The first kappa shape index (κ1) is 30.9. The lowest BCUT2D eigenvalue weighted by atomic mass is 9.98. The van der Waals surface area contributed by atoms with E-state index in [1.54, 1.807) is 30.3 Å². The Morgan fingerprint density at radius 3 is 2.51 bits per heavy atom. The molecule has 0 unspecified atom stereocenters. The molecule has 12 heteroatoms. The zero-order chi connectivity index (χ0) is 30.0. The molecule has 4 aromatic rings. The van der Waals surface area contributed by atoms with Crippen LogP contribution in [-0.2, 0) is 5.92 Å². The lowest BCUT2D eigenvalue weighted by Crippen LogP contribution is -2.17. The molecule has 0 aliphatic heterocycles. The van der Waals surface area contributed by atoms with Crippen LogP contribution in [0.5, 0.6) is 0 Å². The number of hydrogen-bond donors (Lipinski definition) is 4. The second-order valence-corrected chi connectivity index (χ2v) is 9.07. The van der Waals surface area contributed by atoms with Gasteiger partial charge in [-0.05, 0) is 80.2 Å². The van der Waals surface area contributed by atoms with Crippen LogP contribution in [0, 0.1) is 6.92 Å².